The van der Waals surface area contributed by atoms with Crippen molar-refractivity contribution in [2.75, 3.05) is 14.7 Å². The summed E-state index contributed by atoms with van der Waals surface area (Å²) in [4.78, 5) is 7.60. The van der Waals surface area contributed by atoms with Gasteiger partial charge >= 0.3 is 0 Å². The maximum Gasteiger partial charge on any atom is 0.252 e. The van der Waals surface area contributed by atoms with Crippen LogP contribution >= 0.6 is 0 Å². The molecule has 0 atom stereocenters. The minimum absolute atomic E-state index is 0.0134. The number of para-hydroxylation sites is 4. The SMILES string of the molecule is CC(C)(C)c1ccc2c(c1)c1cc(C(C)(C)C)ccc1n2-c1ccc2c(c1)N(c1ccccc1)c1ccc(N(c3ccccc3)c3ccccc3)c3c1B2c1ccc(-n2c4ccc(C(C)(C)C)cc4c4cc(C(C)(C)C)ccc42)cc1N3c1ccccc1. The maximum absolute atomic E-state index is 2.59. The van der Waals surface area contributed by atoms with Crippen LogP contribution < -0.4 is 31.1 Å². The summed E-state index contributed by atoms with van der Waals surface area (Å²) < 4.78 is 5.05. The second-order valence-corrected chi connectivity index (χ2v) is 28.7. The lowest BCUT2D eigenvalue weighted by Crippen LogP contribution is -2.61. The Labute approximate surface area is 519 Å². The van der Waals surface area contributed by atoms with Gasteiger partial charge in [-0.05, 0) is 194 Å². The summed E-state index contributed by atoms with van der Waals surface area (Å²) in [5.74, 6) is 0. The van der Waals surface area contributed by atoms with Gasteiger partial charge in [0.25, 0.3) is 6.71 Å². The van der Waals surface area contributed by atoms with Crippen LogP contribution in [0.25, 0.3) is 55.0 Å². The van der Waals surface area contributed by atoms with Gasteiger partial charge < -0.3 is 23.8 Å². The fraction of sp³-hybridized carbons (Fsp3) is 0.195. The molecule has 432 valence electrons. The number of aromatic nitrogens is 2. The van der Waals surface area contributed by atoms with Gasteiger partial charge in [0.15, 0.2) is 0 Å². The van der Waals surface area contributed by atoms with E-state index in [0.29, 0.717) is 0 Å². The van der Waals surface area contributed by atoms with E-state index < -0.39 is 0 Å². The summed E-state index contributed by atoms with van der Waals surface area (Å²) in [6, 6.07) is 92.2. The number of benzene rings is 11. The quantitative estimate of drug-likeness (QED) is 0.148. The van der Waals surface area contributed by atoms with E-state index in [1.165, 1.54) is 82.3 Å². The van der Waals surface area contributed by atoms with Crippen LogP contribution in [-0.2, 0) is 21.7 Å². The van der Waals surface area contributed by atoms with E-state index in [1.807, 2.05) is 0 Å². The average molecular weight is 1140 g/mol. The average Bonchev–Trinajstić information content (AvgIpc) is 1.32. The van der Waals surface area contributed by atoms with E-state index in [-0.39, 0.29) is 28.4 Å². The van der Waals surface area contributed by atoms with Crippen molar-refractivity contribution in [3.63, 3.8) is 0 Å². The zero-order valence-electron chi connectivity index (χ0n) is 52.9. The van der Waals surface area contributed by atoms with Crippen molar-refractivity contribution >= 4 is 118 Å². The molecule has 5 nitrogen and oxygen atoms in total. The van der Waals surface area contributed by atoms with E-state index in [4.69, 9.17) is 0 Å². The summed E-state index contributed by atoms with van der Waals surface area (Å²) in [5.41, 5.74) is 26.1. The fourth-order valence-corrected chi connectivity index (χ4v) is 14.2. The van der Waals surface area contributed by atoms with Crippen molar-refractivity contribution in [3.05, 3.63) is 265 Å². The smallest absolute Gasteiger partial charge is 0.252 e. The summed E-state index contributed by atoms with van der Waals surface area (Å²) >= 11 is 0. The molecule has 2 aromatic heterocycles. The van der Waals surface area contributed by atoms with Crippen LogP contribution in [0.4, 0.5) is 51.2 Å². The van der Waals surface area contributed by atoms with Crippen LogP contribution in [0.5, 0.6) is 0 Å². The van der Waals surface area contributed by atoms with E-state index in [0.717, 1.165) is 62.6 Å². The molecule has 15 rings (SSSR count). The normalized spacial score (nSPS) is 13.4. The molecule has 88 heavy (non-hydrogen) atoms. The number of nitrogens with zero attached hydrogens (tertiary/aromatic N) is 5. The largest absolute Gasteiger partial charge is 0.311 e. The first kappa shape index (κ1) is 55.1. The molecule has 6 heteroatoms. The standard InChI is InChI=1S/C82H76BN5/c1-79(2,3)53-33-41-69-63(47-53)64-48-54(80(4,5)6)34-42-70(64)86(69)61-37-39-67-75(51-61)85(59-29-21-15-22-30-59)73-45-46-74(84(57-25-17-13-18-26-57)58-27-19-14-20-28-58)78-77(73)83(67)68-40-38-62(52-76(68)88(78)60-31-23-16-24-32-60)87-71-43-35-55(81(7,8)9)49-65(71)66-50-56(82(10,11)12)36-44-72(66)87/h13-52H,1-12H3. The molecule has 4 heterocycles. The van der Waals surface area contributed by atoms with Gasteiger partial charge in [-0.1, -0.05) is 192 Å². The molecule has 0 radical (unpaired) electrons. The Morgan fingerprint density at radius 3 is 1.00 bits per heavy atom. The third kappa shape index (κ3) is 8.88. The Kier molecular flexibility index (Phi) is 12.5. The Hall–Kier alpha value is -9.52. The van der Waals surface area contributed by atoms with E-state index in [9.17, 15) is 0 Å². The minimum Gasteiger partial charge on any atom is -0.311 e. The van der Waals surface area contributed by atoms with Crippen molar-refractivity contribution in [2.24, 2.45) is 0 Å². The lowest BCUT2D eigenvalue weighted by molar-refractivity contribution is 0.590. The summed E-state index contributed by atoms with van der Waals surface area (Å²) in [7, 11) is 0. The van der Waals surface area contributed by atoms with Gasteiger partial charge in [0.05, 0.1) is 33.4 Å². The molecular weight excluding hydrogens is 1070 g/mol. The van der Waals surface area contributed by atoms with Crippen LogP contribution in [-0.4, -0.2) is 15.8 Å². The van der Waals surface area contributed by atoms with Crippen LogP contribution in [0.2, 0.25) is 0 Å². The van der Waals surface area contributed by atoms with Crippen molar-refractivity contribution in [3.8, 4) is 11.4 Å². The lowest BCUT2D eigenvalue weighted by Gasteiger charge is -2.46. The molecule has 0 aliphatic carbocycles. The van der Waals surface area contributed by atoms with E-state index >= 15 is 0 Å². The minimum atomic E-state index is -0.171. The predicted molar refractivity (Wildman–Crippen MR) is 379 cm³/mol. The summed E-state index contributed by atoms with van der Waals surface area (Å²) in [6.07, 6.45) is 0. The molecule has 0 saturated carbocycles. The summed E-state index contributed by atoms with van der Waals surface area (Å²) in [6.45, 7) is 27.7. The van der Waals surface area contributed by atoms with E-state index in [2.05, 4.69) is 350 Å². The van der Waals surface area contributed by atoms with Gasteiger partial charge in [-0.3, -0.25) is 0 Å². The Morgan fingerprint density at radius 2 is 0.636 bits per heavy atom. The molecular formula is C82H76BN5. The lowest BCUT2D eigenvalue weighted by atomic mass is 9.33. The Morgan fingerprint density at radius 1 is 0.295 bits per heavy atom. The zero-order valence-corrected chi connectivity index (χ0v) is 52.9. The van der Waals surface area contributed by atoms with Gasteiger partial charge in [-0.2, -0.15) is 0 Å². The molecule has 0 bridgehead atoms. The molecule has 13 aromatic rings. The molecule has 0 fully saturated rings. The number of hydrogen-bond acceptors (Lipinski definition) is 3. The first-order valence-corrected chi connectivity index (χ1v) is 31.5. The van der Waals surface area contributed by atoms with Gasteiger partial charge in [0.1, 0.15) is 0 Å². The zero-order chi connectivity index (χ0) is 60.8. The number of anilines is 9. The van der Waals surface area contributed by atoms with Crippen molar-refractivity contribution in [1.82, 2.24) is 9.13 Å². The molecule has 11 aromatic carbocycles. The highest BCUT2D eigenvalue weighted by atomic mass is 15.2. The second-order valence-electron chi connectivity index (χ2n) is 28.7. The second kappa shape index (κ2) is 20.0. The molecule has 2 aliphatic heterocycles. The highest BCUT2D eigenvalue weighted by Gasteiger charge is 2.46. The van der Waals surface area contributed by atoms with Crippen LogP contribution in [0.1, 0.15) is 105 Å². The topological polar surface area (TPSA) is 19.6 Å². The third-order valence-corrected chi connectivity index (χ3v) is 18.9. The first-order valence-electron chi connectivity index (χ1n) is 31.5. The van der Waals surface area contributed by atoms with Crippen molar-refractivity contribution in [1.29, 1.82) is 0 Å². The predicted octanol–water partition coefficient (Wildman–Crippen LogP) is 20.6. The van der Waals surface area contributed by atoms with Gasteiger partial charge in [0.2, 0.25) is 0 Å². The molecule has 0 amide bonds. The fourth-order valence-electron chi connectivity index (χ4n) is 14.2. The molecule has 0 unspecified atom stereocenters. The van der Waals surface area contributed by atoms with Crippen LogP contribution in [0.15, 0.2) is 243 Å². The van der Waals surface area contributed by atoms with E-state index in [1.54, 1.807) is 0 Å². The van der Waals surface area contributed by atoms with Gasteiger partial charge in [-0.15, -0.1) is 0 Å². The number of rotatable bonds is 7. The molecule has 0 saturated heterocycles. The maximum atomic E-state index is 2.59. The van der Waals surface area contributed by atoms with Gasteiger partial charge in [-0.25, -0.2) is 0 Å². The first-order chi connectivity index (χ1) is 42.2. The Balaban J connectivity index is 1.05. The number of fused-ring (bicyclic) bond motifs is 10. The highest BCUT2D eigenvalue weighted by molar-refractivity contribution is 7.00. The monoisotopic (exact) mass is 1140 g/mol. The van der Waals surface area contributed by atoms with Crippen molar-refractivity contribution in [2.45, 2.75) is 105 Å². The van der Waals surface area contributed by atoms with Crippen LogP contribution in [0, 0.1) is 0 Å². The molecule has 2 aliphatic rings. The molecule has 0 spiro atoms. The summed E-state index contributed by atoms with van der Waals surface area (Å²) in [5, 5.41) is 5.10. The van der Waals surface area contributed by atoms with Gasteiger partial charge in [0, 0.05) is 72.7 Å². The Bertz CT molecular complexity index is 4700. The number of hydrogen-bond donors (Lipinski definition) is 0. The van der Waals surface area contributed by atoms with Crippen molar-refractivity contribution < 1.29 is 0 Å². The van der Waals surface area contributed by atoms with Crippen LogP contribution in [0.3, 0.4) is 0 Å². The third-order valence-electron chi connectivity index (χ3n) is 18.9. The molecule has 0 N–H and O–H groups in total. The highest BCUT2D eigenvalue weighted by Crippen LogP contribution is 2.52.